The molecule has 0 aromatic heterocycles. The highest BCUT2D eigenvalue weighted by molar-refractivity contribution is 7.22. The first-order valence-corrected chi connectivity index (χ1v) is 20.4. The van der Waals surface area contributed by atoms with Gasteiger partial charge >= 0.3 is 5.97 Å². The maximum atomic E-state index is 13.0. The van der Waals surface area contributed by atoms with Crippen LogP contribution in [0.1, 0.15) is 19.3 Å². The molecule has 5 heteroatoms. The van der Waals surface area contributed by atoms with Gasteiger partial charge in [0.1, 0.15) is 0 Å². The number of esters is 1. The number of benzene rings is 6. The number of ether oxygens (including phenoxy) is 1. The number of cyclic esters (lactones) is 1. The zero-order chi connectivity index (χ0) is 31.9. The molecule has 0 amide bonds. The lowest BCUT2D eigenvalue weighted by atomic mass is 10.1. The lowest BCUT2D eigenvalue weighted by Gasteiger charge is -2.57. The third kappa shape index (κ3) is 5.61. The minimum atomic E-state index is -3.14. The maximum Gasteiger partial charge on any atom is 0.305 e. The second-order valence-electron chi connectivity index (χ2n) is 12.2. The molecule has 3 nitrogen and oxygen atoms in total. The average molecular weight is 646 g/mol. The predicted molar refractivity (Wildman–Crippen MR) is 198 cm³/mol. The number of carbonyl (C=O) groups excluding carboxylic acids is 1. The molecule has 0 aliphatic carbocycles. The van der Waals surface area contributed by atoms with Crippen LogP contribution in [0.5, 0.6) is 0 Å². The van der Waals surface area contributed by atoms with E-state index in [9.17, 15) is 4.79 Å². The number of nitrogens with zero attached hydrogens (tertiary/aromatic N) is 1. The van der Waals surface area contributed by atoms with Crippen molar-refractivity contribution in [1.82, 2.24) is 4.23 Å². The van der Waals surface area contributed by atoms with Gasteiger partial charge in [0.25, 0.3) is 0 Å². The molecule has 6 aromatic rings. The fraction of sp³-hybridized carbons (Fsp3) is 0.119. The Balaban J connectivity index is 1.73. The number of rotatable bonds is 9. The van der Waals surface area contributed by atoms with Crippen LogP contribution in [0.15, 0.2) is 182 Å². The summed E-state index contributed by atoms with van der Waals surface area (Å²) in [5, 5.41) is 7.96. The molecule has 47 heavy (non-hydrogen) atoms. The molecule has 1 aliphatic heterocycles. The van der Waals surface area contributed by atoms with Gasteiger partial charge in [-0.2, -0.15) is 0 Å². The molecular formula is C42H39NO2Si2. The van der Waals surface area contributed by atoms with Gasteiger partial charge in [0.2, 0.25) is 16.5 Å². The molecule has 1 atom stereocenters. The lowest BCUT2D eigenvalue weighted by molar-refractivity contribution is -0.142. The zero-order valence-electron chi connectivity index (χ0n) is 26.5. The number of carbonyl (C=O) groups is 1. The van der Waals surface area contributed by atoms with Crippen LogP contribution in [0.3, 0.4) is 0 Å². The Morgan fingerprint density at radius 1 is 0.426 bits per heavy atom. The van der Waals surface area contributed by atoms with E-state index in [4.69, 9.17) is 4.74 Å². The SMILES string of the molecule is O=C1CCC(N([Si](c2ccccc2)(c2ccccc2)c2ccccc2)[Si](c2ccccc2)(c2ccccc2)c2ccccc2)CCO1. The van der Waals surface area contributed by atoms with E-state index in [0.29, 0.717) is 13.0 Å². The highest BCUT2D eigenvalue weighted by atomic mass is 28.4. The highest BCUT2D eigenvalue weighted by Gasteiger charge is 2.59. The first kappa shape index (κ1) is 30.8. The van der Waals surface area contributed by atoms with Crippen molar-refractivity contribution in [1.29, 1.82) is 0 Å². The van der Waals surface area contributed by atoms with Crippen LogP contribution in [-0.4, -0.2) is 39.3 Å². The minimum Gasteiger partial charge on any atom is -0.466 e. The summed E-state index contributed by atoms with van der Waals surface area (Å²) in [6, 6.07) is 67.2. The number of hydrogen-bond donors (Lipinski definition) is 0. The van der Waals surface area contributed by atoms with Gasteiger partial charge in [-0.1, -0.05) is 182 Å². The van der Waals surface area contributed by atoms with Gasteiger partial charge in [0, 0.05) is 12.5 Å². The topological polar surface area (TPSA) is 29.5 Å². The Hall–Kier alpha value is -4.82. The van der Waals surface area contributed by atoms with E-state index in [0.717, 1.165) is 12.8 Å². The van der Waals surface area contributed by atoms with Crippen molar-refractivity contribution in [2.24, 2.45) is 0 Å². The van der Waals surface area contributed by atoms with Crippen molar-refractivity contribution in [3.63, 3.8) is 0 Å². The Morgan fingerprint density at radius 2 is 0.702 bits per heavy atom. The molecule has 1 aliphatic rings. The summed E-state index contributed by atoms with van der Waals surface area (Å²) in [6.45, 7) is 0.408. The standard InChI is InChI=1S/C42H39NO2Si2/c44-42-32-31-35(33-34-45-42)43(46(36-19-7-1-8-20-36,37-21-9-2-10-22-37)38-23-11-3-12-24-38)47(39-25-13-4-14-26-39,40-27-15-5-16-28-40)41-29-17-6-18-30-41/h1-30,35H,31-34H2. The molecule has 7 rings (SSSR count). The first-order valence-electron chi connectivity index (χ1n) is 16.5. The predicted octanol–water partition coefficient (Wildman–Crippen LogP) is 4.72. The lowest BCUT2D eigenvalue weighted by Crippen LogP contribution is -2.92. The Morgan fingerprint density at radius 3 is 0.979 bits per heavy atom. The Kier molecular flexibility index (Phi) is 9.11. The van der Waals surface area contributed by atoms with Gasteiger partial charge in [0.15, 0.2) is 0 Å². The van der Waals surface area contributed by atoms with Crippen LogP contribution < -0.4 is 31.1 Å². The van der Waals surface area contributed by atoms with E-state index in [2.05, 4.69) is 186 Å². The van der Waals surface area contributed by atoms with Crippen LogP contribution in [0, 0.1) is 0 Å². The quantitative estimate of drug-likeness (QED) is 0.130. The normalized spacial score (nSPS) is 15.5. The van der Waals surface area contributed by atoms with Crippen LogP contribution in [0.2, 0.25) is 0 Å². The summed E-state index contributed by atoms with van der Waals surface area (Å²) in [6.07, 6.45) is 1.88. The molecule has 0 bridgehead atoms. The molecule has 232 valence electrons. The van der Waals surface area contributed by atoms with Crippen molar-refractivity contribution in [2.45, 2.75) is 25.3 Å². The minimum absolute atomic E-state index is 0.0565. The van der Waals surface area contributed by atoms with Gasteiger partial charge in [0.05, 0.1) is 6.61 Å². The monoisotopic (exact) mass is 645 g/mol. The summed E-state index contributed by atoms with van der Waals surface area (Å²) in [5.74, 6) is -0.106. The smallest absolute Gasteiger partial charge is 0.305 e. The van der Waals surface area contributed by atoms with Crippen LogP contribution in [0.25, 0.3) is 0 Å². The Bertz CT molecular complexity index is 1550. The van der Waals surface area contributed by atoms with Crippen molar-refractivity contribution in [3.8, 4) is 0 Å². The molecule has 1 saturated heterocycles. The first-order chi connectivity index (χ1) is 23.3. The highest BCUT2D eigenvalue weighted by Crippen LogP contribution is 2.30. The van der Waals surface area contributed by atoms with E-state index in [1.807, 2.05) is 0 Å². The Labute approximate surface area is 280 Å². The molecule has 1 unspecified atom stereocenters. The molecule has 0 radical (unpaired) electrons. The van der Waals surface area contributed by atoms with E-state index in [1.165, 1.54) is 31.1 Å². The van der Waals surface area contributed by atoms with Gasteiger partial charge < -0.3 is 8.97 Å². The second-order valence-corrected chi connectivity index (χ2v) is 19.9. The van der Waals surface area contributed by atoms with Gasteiger partial charge in [-0.15, -0.1) is 0 Å². The van der Waals surface area contributed by atoms with E-state index < -0.39 is 16.5 Å². The van der Waals surface area contributed by atoms with Crippen LogP contribution in [-0.2, 0) is 9.53 Å². The molecule has 1 fully saturated rings. The van der Waals surface area contributed by atoms with Gasteiger partial charge in [-0.25, -0.2) is 0 Å². The van der Waals surface area contributed by atoms with Crippen molar-refractivity contribution < 1.29 is 9.53 Å². The number of hydrogen-bond acceptors (Lipinski definition) is 3. The summed E-state index contributed by atoms with van der Waals surface area (Å²) in [5.41, 5.74) is 0. The third-order valence-electron chi connectivity index (χ3n) is 9.63. The fourth-order valence-corrected chi connectivity index (χ4v) is 21.4. The molecule has 0 saturated carbocycles. The van der Waals surface area contributed by atoms with Gasteiger partial charge in [-0.3, -0.25) is 4.79 Å². The molecule has 6 aromatic carbocycles. The van der Waals surface area contributed by atoms with Crippen molar-refractivity contribution in [2.75, 3.05) is 6.61 Å². The van der Waals surface area contributed by atoms with Crippen LogP contribution in [0.4, 0.5) is 0 Å². The zero-order valence-corrected chi connectivity index (χ0v) is 28.5. The van der Waals surface area contributed by atoms with E-state index in [1.54, 1.807) is 0 Å². The largest absolute Gasteiger partial charge is 0.466 e. The van der Waals surface area contributed by atoms with E-state index >= 15 is 0 Å². The molecule has 1 heterocycles. The summed E-state index contributed by atoms with van der Waals surface area (Å²) in [4.78, 5) is 13.0. The molecule has 0 spiro atoms. The molecular weight excluding hydrogens is 607 g/mol. The third-order valence-corrected chi connectivity index (χ3v) is 20.8. The van der Waals surface area contributed by atoms with Gasteiger partial charge in [-0.05, 0) is 44.0 Å². The maximum absolute atomic E-state index is 13.0. The summed E-state index contributed by atoms with van der Waals surface area (Å²) in [7, 11) is -6.28. The van der Waals surface area contributed by atoms with E-state index in [-0.39, 0.29) is 12.0 Å². The van der Waals surface area contributed by atoms with Crippen LogP contribution >= 0.6 is 0 Å². The second kappa shape index (κ2) is 13.9. The van der Waals surface area contributed by atoms with Crippen molar-refractivity contribution >= 4 is 53.6 Å². The average Bonchev–Trinajstić information content (AvgIpc) is 3.38. The molecule has 0 N–H and O–H groups in total. The van der Waals surface area contributed by atoms with Crippen molar-refractivity contribution in [3.05, 3.63) is 182 Å². The summed E-state index contributed by atoms with van der Waals surface area (Å²) < 4.78 is 8.84. The fourth-order valence-electron chi connectivity index (χ4n) is 7.78. The summed E-state index contributed by atoms with van der Waals surface area (Å²) >= 11 is 0.